The lowest BCUT2D eigenvalue weighted by Crippen LogP contribution is -2.65. The summed E-state index contributed by atoms with van der Waals surface area (Å²) in [5.74, 6) is 2.85. The molecule has 6 atom stereocenters. The Kier molecular flexibility index (Phi) is 2.28. The minimum absolute atomic E-state index is 0.164. The Morgan fingerprint density at radius 1 is 1.33 bits per heavy atom. The van der Waals surface area contributed by atoms with E-state index >= 15 is 0 Å². The Balaban J connectivity index is 1.74. The predicted molar refractivity (Wildman–Crippen MR) is 86.3 cm³/mol. The van der Waals surface area contributed by atoms with E-state index in [9.17, 15) is 9.90 Å². The third-order valence-electron chi connectivity index (χ3n) is 7.99. The van der Waals surface area contributed by atoms with Gasteiger partial charge in [0.1, 0.15) is 0 Å². The molecule has 1 aromatic rings. The fraction of sp³-hybridized carbons (Fsp3) is 0.650. The highest BCUT2D eigenvalue weighted by Gasteiger charge is 2.78. The van der Waals surface area contributed by atoms with Crippen molar-refractivity contribution in [3.05, 3.63) is 23.3 Å². The Bertz CT molecular complexity index is 786. The number of hydrogen-bond acceptors (Lipinski definition) is 4. The summed E-state index contributed by atoms with van der Waals surface area (Å²) in [6.07, 6.45) is 4.85. The Morgan fingerprint density at radius 2 is 2.21 bits per heavy atom. The van der Waals surface area contributed by atoms with Crippen LogP contribution in [0.1, 0.15) is 43.2 Å². The highest BCUT2D eigenvalue weighted by molar-refractivity contribution is 5.90. The maximum Gasteiger partial charge on any atom is 0.174 e. The van der Waals surface area contributed by atoms with Gasteiger partial charge in [-0.1, -0.05) is 6.07 Å². The van der Waals surface area contributed by atoms with Crippen LogP contribution in [0.25, 0.3) is 0 Å². The van der Waals surface area contributed by atoms with Crippen LogP contribution in [0, 0.1) is 17.8 Å². The molecule has 6 rings (SSSR count). The van der Waals surface area contributed by atoms with Crippen LogP contribution in [0.2, 0.25) is 0 Å². The fourth-order valence-corrected chi connectivity index (χ4v) is 7.26. The van der Waals surface area contributed by atoms with Crippen molar-refractivity contribution in [3.63, 3.8) is 0 Å². The van der Waals surface area contributed by atoms with Gasteiger partial charge in [0.05, 0.1) is 18.1 Å². The number of ketones is 1. The maximum atomic E-state index is 12.9. The van der Waals surface area contributed by atoms with Crippen LogP contribution >= 0.6 is 0 Å². The van der Waals surface area contributed by atoms with Gasteiger partial charge in [-0.15, -0.1) is 0 Å². The molecule has 5 unspecified atom stereocenters. The van der Waals surface area contributed by atoms with Crippen LogP contribution in [0.15, 0.2) is 12.1 Å². The van der Waals surface area contributed by atoms with Crippen molar-refractivity contribution in [3.8, 4) is 11.5 Å². The topological polar surface area (TPSA) is 55.8 Å². The van der Waals surface area contributed by atoms with Crippen molar-refractivity contribution in [2.24, 2.45) is 17.8 Å². The van der Waals surface area contributed by atoms with Gasteiger partial charge >= 0.3 is 0 Å². The van der Waals surface area contributed by atoms with E-state index in [1.54, 1.807) is 7.11 Å². The minimum atomic E-state index is -0.794. The van der Waals surface area contributed by atoms with Crippen molar-refractivity contribution < 1.29 is 19.4 Å². The SMILES string of the molecule is COc1ccc2c3c1OC1C(=O)CCC4(O)[C@@H]5CCC(C2)C(C5)C314. The molecule has 4 nitrogen and oxygen atoms in total. The van der Waals surface area contributed by atoms with Gasteiger partial charge in [-0.05, 0) is 61.5 Å². The number of ether oxygens (including phenoxy) is 2. The van der Waals surface area contributed by atoms with E-state index in [1.165, 1.54) is 12.0 Å². The predicted octanol–water partition coefficient (Wildman–Crippen LogP) is 2.39. The van der Waals surface area contributed by atoms with Crippen LogP contribution < -0.4 is 9.47 Å². The van der Waals surface area contributed by atoms with E-state index in [2.05, 4.69) is 6.07 Å². The molecular formula is C20H22O4. The van der Waals surface area contributed by atoms with Gasteiger partial charge in [-0.3, -0.25) is 4.79 Å². The summed E-state index contributed by atoms with van der Waals surface area (Å²) in [6, 6.07) is 4.10. The summed E-state index contributed by atoms with van der Waals surface area (Å²) in [7, 11) is 1.65. The molecule has 0 aromatic heterocycles. The molecule has 0 saturated heterocycles. The number of methoxy groups -OCH3 is 1. The average Bonchev–Trinajstić information content (AvgIpc) is 3.08. The summed E-state index contributed by atoms with van der Waals surface area (Å²) in [4.78, 5) is 12.9. The van der Waals surface area contributed by atoms with Gasteiger partial charge in [-0.2, -0.15) is 0 Å². The smallest absolute Gasteiger partial charge is 0.174 e. The highest BCUT2D eigenvalue weighted by Crippen LogP contribution is 2.73. The van der Waals surface area contributed by atoms with E-state index in [-0.39, 0.29) is 5.78 Å². The Labute approximate surface area is 141 Å². The monoisotopic (exact) mass is 326 g/mol. The number of benzene rings is 1. The molecule has 1 spiro atoms. The zero-order valence-electron chi connectivity index (χ0n) is 13.9. The van der Waals surface area contributed by atoms with Crippen LogP contribution in [0.5, 0.6) is 11.5 Å². The zero-order valence-corrected chi connectivity index (χ0v) is 13.9. The molecule has 5 aliphatic rings. The van der Waals surface area contributed by atoms with Crippen molar-refractivity contribution in [1.82, 2.24) is 0 Å². The fourth-order valence-electron chi connectivity index (χ4n) is 7.26. The molecular weight excluding hydrogens is 304 g/mol. The number of carbonyl (C=O) groups is 1. The number of hydrogen-bond donors (Lipinski definition) is 1. The van der Waals surface area contributed by atoms with E-state index in [1.807, 2.05) is 6.07 Å². The van der Waals surface area contributed by atoms with E-state index in [0.29, 0.717) is 36.3 Å². The van der Waals surface area contributed by atoms with Crippen molar-refractivity contribution in [2.75, 3.05) is 7.11 Å². The first-order valence-electron chi connectivity index (χ1n) is 9.23. The molecule has 1 heterocycles. The molecule has 1 aromatic carbocycles. The highest BCUT2D eigenvalue weighted by atomic mass is 16.5. The lowest BCUT2D eigenvalue weighted by molar-refractivity contribution is -0.154. The van der Waals surface area contributed by atoms with E-state index in [0.717, 1.165) is 30.6 Å². The molecule has 3 saturated carbocycles. The second-order valence-corrected chi connectivity index (χ2v) is 8.47. The van der Waals surface area contributed by atoms with Crippen LogP contribution in [-0.2, 0) is 16.6 Å². The van der Waals surface area contributed by atoms with Gasteiger partial charge in [0.2, 0.25) is 0 Å². The first-order valence-corrected chi connectivity index (χ1v) is 9.23. The molecule has 4 heteroatoms. The van der Waals surface area contributed by atoms with Gasteiger partial charge in [0.25, 0.3) is 0 Å². The van der Waals surface area contributed by atoms with Crippen LogP contribution in [0.3, 0.4) is 0 Å². The molecule has 3 fully saturated rings. The molecule has 0 radical (unpaired) electrons. The molecule has 24 heavy (non-hydrogen) atoms. The summed E-state index contributed by atoms with van der Waals surface area (Å²) in [6.45, 7) is 0. The minimum Gasteiger partial charge on any atom is -0.493 e. The Morgan fingerprint density at radius 3 is 3.04 bits per heavy atom. The maximum absolute atomic E-state index is 12.9. The molecule has 1 N–H and O–H groups in total. The molecule has 2 bridgehead atoms. The number of fused-ring (bicyclic) bond motifs is 2. The summed E-state index contributed by atoms with van der Waals surface area (Å²) >= 11 is 0. The number of carbonyl (C=O) groups excluding carboxylic acids is 1. The van der Waals surface area contributed by atoms with Crippen LogP contribution in [-0.4, -0.2) is 29.7 Å². The standard InChI is InChI=1S/C20H22O4/c1-23-15-5-3-11-8-10-2-4-12-9-13(10)20-16(11)17(15)24-18(20)14(21)6-7-19(12,20)22/h3,5,10,12-13,18,22H,2,4,6-9H2,1H3/t10?,12-,13?,18?,19?,20?/m1/s1. The van der Waals surface area contributed by atoms with E-state index in [4.69, 9.17) is 9.47 Å². The van der Waals surface area contributed by atoms with Gasteiger partial charge < -0.3 is 14.6 Å². The third kappa shape index (κ3) is 1.17. The third-order valence-corrected chi connectivity index (χ3v) is 7.99. The molecule has 4 aliphatic carbocycles. The molecule has 1 aliphatic heterocycles. The molecule has 126 valence electrons. The first kappa shape index (κ1) is 13.7. The number of Topliss-reactive ketones (excluding diaryl/α,β-unsaturated/α-hetero) is 1. The summed E-state index contributed by atoms with van der Waals surface area (Å²) in [5, 5.41) is 11.9. The lowest BCUT2D eigenvalue weighted by atomic mass is 9.51. The normalized spacial score (nSPS) is 46.5. The van der Waals surface area contributed by atoms with Crippen molar-refractivity contribution >= 4 is 5.78 Å². The average molecular weight is 326 g/mol. The number of aliphatic hydroxyl groups is 1. The van der Waals surface area contributed by atoms with Crippen molar-refractivity contribution in [2.45, 2.75) is 55.6 Å². The van der Waals surface area contributed by atoms with E-state index < -0.39 is 17.1 Å². The second kappa shape index (κ2) is 3.98. The largest absolute Gasteiger partial charge is 0.493 e. The quantitative estimate of drug-likeness (QED) is 0.861. The van der Waals surface area contributed by atoms with Gasteiger partial charge in [0.15, 0.2) is 23.4 Å². The number of rotatable bonds is 1. The molecule has 0 amide bonds. The zero-order chi connectivity index (χ0) is 16.3. The second-order valence-electron chi connectivity index (χ2n) is 8.47. The van der Waals surface area contributed by atoms with Gasteiger partial charge in [-0.25, -0.2) is 0 Å². The Hall–Kier alpha value is -1.55. The van der Waals surface area contributed by atoms with Crippen LogP contribution in [0.4, 0.5) is 0 Å². The van der Waals surface area contributed by atoms with Gasteiger partial charge in [0, 0.05) is 12.0 Å². The summed E-state index contributed by atoms with van der Waals surface area (Å²) in [5.41, 5.74) is 1.07. The lowest BCUT2D eigenvalue weighted by Gasteiger charge is -2.52. The summed E-state index contributed by atoms with van der Waals surface area (Å²) < 4.78 is 11.8. The van der Waals surface area contributed by atoms with Crippen molar-refractivity contribution in [1.29, 1.82) is 0 Å². The first-order chi connectivity index (χ1) is 11.6.